The van der Waals surface area contributed by atoms with Crippen LogP contribution in [0.25, 0.3) is 11.3 Å². The monoisotopic (exact) mass is 400 g/mol. The number of aromatic nitrogens is 4. The highest BCUT2D eigenvalue weighted by molar-refractivity contribution is 5.70. The number of rotatable bonds is 6. The summed E-state index contributed by atoms with van der Waals surface area (Å²) in [6, 6.07) is 0.874. The van der Waals surface area contributed by atoms with E-state index in [1.54, 1.807) is 0 Å². The van der Waals surface area contributed by atoms with Crippen LogP contribution in [-0.2, 0) is 17.4 Å². The van der Waals surface area contributed by atoms with Gasteiger partial charge in [0.1, 0.15) is 17.4 Å². The molecule has 3 rings (SSSR count). The van der Waals surface area contributed by atoms with Crippen LogP contribution in [0.15, 0.2) is 12.3 Å². The molecule has 1 fully saturated rings. The molecule has 1 saturated carbocycles. The first-order valence-corrected chi connectivity index (χ1v) is 8.77. The minimum Gasteiger partial charge on any atom is -0.481 e. The summed E-state index contributed by atoms with van der Waals surface area (Å²) in [7, 11) is 0. The van der Waals surface area contributed by atoms with E-state index in [0.717, 1.165) is 6.07 Å². The molecule has 28 heavy (non-hydrogen) atoms. The number of nitrogens with one attached hydrogen (secondary N) is 1. The van der Waals surface area contributed by atoms with Gasteiger partial charge in [0.25, 0.3) is 0 Å². The van der Waals surface area contributed by atoms with Crippen molar-refractivity contribution in [2.75, 3.05) is 6.61 Å². The maximum Gasteiger partial charge on any atom is 0.421 e. The average molecular weight is 400 g/mol. The van der Waals surface area contributed by atoms with Crippen molar-refractivity contribution in [1.82, 2.24) is 20.4 Å². The molecule has 2 aromatic rings. The number of hydrogen-bond donors (Lipinski definition) is 3. The molecule has 152 valence electrons. The summed E-state index contributed by atoms with van der Waals surface area (Å²) < 4.78 is 46.2. The summed E-state index contributed by atoms with van der Waals surface area (Å²) in [6.07, 6.45) is -2.38. The van der Waals surface area contributed by atoms with Crippen molar-refractivity contribution in [3.05, 3.63) is 23.5 Å². The Morgan fingerprint density at radius 3 is 2.82 bits per heavy atom. The number of ether oxygens (including phenoxy) is 1. The van der Waals surface area contributed by atoms with E-state index < -0.39 is 35.6 Å². The Morgan fingerprint density at radius 2 is 2.14 bits per heavy atom. The minimum absolute atomic E-state index is 0.0870. The molecule has 0 unspecified atom stereocenters. The number of nitrogens with zero attached hydrogens (tertiary/aromatic N) is 3. The molecular formula is C17H19F3N4O4. The van der Waals surface area contributed by atoms with Gasteiger partial charge >= 0.3 is 12.1 Å². The van der Waals surface area contributed by atoms with Gasteiger partial charge in [-0.2, -0.15) is 13.2 Å². The van der Waals surface area contributed by atoms with Crippen LogP contribution >= 0.6 is 0 Å². The zero-order valence-electron chi connectivity index (χ0n) is 14.7. The van der Waals surface area contributed by atoms with Crippen molar-refractivity contribution in [3.8, 4) is 17.1 Å². The second kappa shape index (κ2) is 8.13. The fourth-order valence-corrected chi connectivity index (χ4v) is 3.28. The third-order valence-corrected chi connectivity index (χ3v) is 4.67. The van der Waals surface area contributed by atoms with Crippen molar-refractivity contribution >= 4 is 5.97 Å². The second-order valence-electron chi connectivity index (χ2n) is 6.63. The topological polar surface area (TPSA) is 121 Å². The van der Waals surface area contributed by atoms with E-state index in [-0.39, 0.29) is 30.7 Å². The van der Waals surface area contributed by atoms with E-state index in [1.807, 2.05) is 0 Å². The number of halogens is 3. The molecule has 11 heteroatoms. The number of carboxylic acid groups (broad SMARTS) is 1. The molecule has 0 amide bonds. The predicted octanol–water partition coefficient (Wildman–Crippen LogP) is 2.44. The molecule has 0 bridgehead atoms. The van der Waals surface area contributed by atoms with Crippen LogP contribution in [0.4, 0.5) is 13.2 Å². The quantitative estimate of drug-likeness (QED) is 0.681. The molecule has 0 aromatic carbocycles. The number of aromatic amines is 1. The number of hydrogen-bond acceptors (Lipinski definition) is 6. The molecule has 0 spiro atoms. The lowest BCUT2D eigenvalue weighted by molar-refractivity contribution is -0.145. The average Bonchev–Trinajstić information content (AvgIpc) is 3.10. The van der Waals surface area contributed by atoms with Gasteiger partial charge in [-0.25, -0.2) is 4.98 Å². The third-order valence-electron chi connectivity index (χ3n) is 4.67. The van der Waals surface area contributed by atoms with Gasteiger partial charge in [-0.1, -0.05) is 5.21 Å². The lowest BCUT2D eigenvalue weighted by atomic mass is 9.87. The third kappa shape index (κ3) is 4.41. The van der Waals surface area contributed by atoms with Crippen molar-refractivity contribution < 1.29 is 32.9 Å². The van der Waals surface area contributed by atoms with Crippen LogP contribution in [0.2, 0.25) is 0 Å². The smallest absolute Gasteiger partial charge is 0.421 e. The number of pyridine rings is 1. The Kier molecular flexibility index (Phi) is 5.82. The summed E-state index contributed by atoms with van der Waals surface area (Å²) in [5.74, 6) is -2.20. The van der Waals surface area contributed by atoms with Gasteiger partial charge in [-0.3, -0.25) is 9.89 Å². The second-order valence-corrected chi connectivity index (χ2v) is 6.63. The van der Waals surface area contributed by atoms with Crippen LogP contribution in [0.1, 0.15) is 36.9 Å². The Bertz CT molecular complexity index is 840. The summed E-state index contributed by atoms with van der Waals surface area (Å²) in [6.45, 7) is -0.218. The highest BCUT2D eigenvalue weighted by Crippen LogP contribution is 2.39. The van der Waals surface area contributed by atoms with Crippen LogP contribution in [0, 0.1) is 5.92 Å². The van der Waals surface area contributed by atoms with E-state index in [9.17, 15) is 18.0 Å². The maximum absolute atomic E-state index is 13.6. The van der Waals surface area contributed by atoms with Crippen molar-refractivity contribution in [2.24, 2.45) is 5.92 Å². The van der Waals surface area contributed by atoms with E-state index >= 15 is 0 Å². The van der Waals surface area contributed by atoms with E-state index in [1.165, 1.54) is 6.20 Å². The Hall–Kier alpha value is -2.69. The first-order valence-electron chi connectivity index (χ1n) is 8.77. The van der Waals surface area contributed by atoms with Gasteiger partial charge in [-0.15, -0.1) is 5.10 Å². The molecule has 1 aliphatic rings. The van der Waals surface area contributed by atoms with Crippen LogP contribution in [0.5, 0.6) is 5.88 Å². The van der Waals surface area contributed by atoms with Gasteiger partial charge in [0.05, 0.1) is 11.6 Å². The van der Waals surface area contributed by atoms with E-state index in [4.69, 9.17) is 14.9 Å². The van der Waals surface area contributed by atoms with Gasteiger partial charge in [0, 0.05) is 24.8 Å². The number of H-pyrrole nitrogens is 1. The highest BCUT2D eigenvalue weighted by atomic mass is 19.4. The van der Waals surface area contributed by atoms with Crippen LogP contribution in [-0.4, -0.2) is 49.3 Å². The molecule has 8 nitrogen and oxygen atoms in total. The zero-order chi connectivity index (χ0) is 20.3. The molecular weight excluding hydrogens is 381 g/mol. The maximum atomic E-state index is 13.6. The lowest BCUT2D eigenvalue weighted by Crippen LogP contribution is -2.30. The zero-order valence-corrected chi connectivity index (χ0v) is 14.7. The molecule has 1 aliphatic carbocycles. The normalized spacial score (nSPS) is 20.1. The van der Waals surface area contributed by atoms with Crippen molar-refractivity contribution in [3.63, 3.8) is 0 Å². The van der Waals surface area contributed by atoms with Gasteiger partial charge in [0.15, 0.2) is 0 Å². The highest BCUT2D eigenvalue weighted by Gasteiger charge is 2.38. The Morgan fingerprint density at radius 1 is 1.36 bits per heavy atom. The fourth-order valence-electron chi connectivity index (χ4n) is 3.28. The van der Waals surface area contributed by atoms with Gasteiger partial charge < -0.3 is 14.9 Å². The van der Waals surface area contributed by atoms with Crippen molar-refractivity contribution in [2.45, 2.75) is 44.4 Å². The van der Waals surface area contributed by atoms with E-state index in [2.05, 4.69) is 20.4 Å². The number of carbonyl (C=O) groups is 1. The first-order chi connectivity index (χ1) is 13.3. The lowest BCUT2D eigenvalue weighted by Gasteiger charge is -2.27. The predicted molar refractivity (Wildman–Crippen MR) is 89.4 cm³/mol. The number of carboxylic acids is 1. The molecule has 3 N–H and O–H groups in total. The van der Waals surface area contributed by atoms with E-state index in [0.29, 0.717) is 25.0 Å². The number of aliphatic carboxylic acids is 1. The largest absolute Gasteiger partial charge is 0.481 e. The van der Waals surface area contributed by atoms with Crippen molar-refractivity contribution in [1.29, 1.82) is 0 Å². The SMILES string of the molecule is O=C(O)[C@H]1CCC[C@H](Oc2ncc(-c3nn[nH]c3CCO)cc2C(F)(F)F)C1. The molecule has 2 heterocycles. The molecule has 0 aliphatic heterocycles. The molecule has 2 aromatic heterocycles. The minimum atomic E-state index is -4.72. The first kappa shape index (κ1) is 20.1. The summed E-state index contributed by atoms with van der Waals surface area (Å²) in [5, 5.41) is 28.1. The number of aliphatic hydroxyl groups is 1. The number of aliphatic hydroxyl groups excluding tert-OH is 1. The Balaban J connectivity index is 1.89. The summed E-state index contributed by atoms with van der Waals surface area (Å²) >= 11 is 0. The molecule has 0 radical (unpaired) electrons. The molecule has 2 atom stereocenters. The van der Waals surface area contributed by atoms with Gasteiger partial charge in [0.2, 0.25) is 5.88 Å². The van der Waals surface area contributed by atoms with Gasteiger partial charge in [-0.05, 0) is 31.7 Å². The summed E-state index contributed by atoms with van der Waals surface area (Å²) in [5.41, 5.74) is -0.422. The molecule has 0 saturated heterocycles. The fraction of sp³-hybridized carbons (Fsp3) is 0.529. The summed E-state index contributed by atoms with van der Waals surface area (Å²) in [4.78, 5) is 15.0. The Labute approximate surface area is 157 Å². The van der Waals surface area contributed by atoms with Crippen LogP contribution < -0.4 is 4.74 Å². The number of alkyl halides is 3. The van der Waals surface area contributed by atoms with Crippen LogP contribution in [0.3, 0.4) is 0 Å². The standard InChI is InChI=1S/C17H19F3N4O4/c18-17(19,20)12-7-10(14-13(4-5-25)22-24-23-14)8-21-15(12)28-11-3-1-2-9(6-11)16(26)27/h7-9,11,25H,1-6H2,(H,26,27)(H,22,23,24)/t9-,11-/m0/s1.